The van der Waals surface area contributed by atoms with Crippen LogP contribution in [0.3, 0.4) is 0 Å². The van der Waals surface area contributed by atoms with Crippen molar-refractivity contribution >= 4 is 15.7 Å². The largest absolute Gasteiger partial charge is 0.492 e. The highest BCUT2D eigenvalue weighted by Gasteiger charge is 2.22. The summed E-state index contributed by atoms with van der Waals surface area (Å²) in [5.41, 5.74) is 3.04. The Morgan fingerprint density at radius 2 is 1.83 bits per heavy atom. The Bertz CT molecular complexity index is 1140. The van der Waals surface area contributed by atoms with Crippen LogP contribution in [0.15, 0.2) is 70.2 Å². The number of furan rings is 1. The zero-order valence-electron chi connectivity index (χ0n) is 16.5. The van der Waals surface area contributed by atoms with Crippen molar-refractivity contribution in [3.05, 3.63) is 83.3 Å². The second kappa shape index (κ2) is 8.75. The summed E-state index contributed by atoms with van der Waals surface area (Å²) in [6.07, 6.45) is 4.71. The van der Waals surface area contributed by atoms with Gasteiger partial charge in [0.15, 0.2) is 15.6 Å². The van der Waals surface area contributed by atoms with Gasteiger partial charge in [-0.15, -0.1) is 0 Å². The van der Waals surface area contributed by atoms with E-state index in [0.29, 0.717) is 12.2 Å². The quantitative estimate of drug-likeness (QED) is 0.558. The van der Waals surface area contributed by atoms with Gasteiger partial charge in [-0.25, -0.2) is 8.42 Å². The van der Waals surface area contributed by atoms with Gasteiger partial charge in [-0.2, -0.15) is 0 Å². The first-order valence-electron chi connectivity index (χ1n) is 9.90. The lowest BCUT2D eigenvalue weighted by Crippen LogP contribution is -2.28. The Labute approximate surface area is 175 Å². The molecule has 1 aliphatic carbocycles. The maximum absolute atomic E-state index is 12.6. The van der Waals surface area contributed by atoms with Crippen molar-refractivity contribution in [2.45, 2.75) is 29.9 Å². The zero-order chi connectivity index (χ0) is 21.0. The average molecular weight is 426 g/mol. The van der Waals surface area contributed by atoms with Gasteiger partial charge in [0, 0.05) is 5.56 Å². The van der Waals surface area contributed by atoms with Crippen LogP contribution in [0.4, 0.5) is 0 Å². The van der Waals surface area contributed by atoms with Gasteiger partial charge in [0.05, 0.1) is 23.5 Å². The van der Waals surface area contributed by atoms with Gasteiger partial charge in [0.25, 0.3) is 5.91 Å². The highest BCUT2D eigenvalue weighted by molar-refractivity contribution is 7.90. The monoisotopic (exact) mass is 425 g/mol. The summed E-state index contributed by atoms with van der Waals surface area (Å²) in [4.78, 5) is 12.7. The first kappa shape index (κ1) is 20.2. The number of rotatable bonds is 8. The number of hydrogen-bond acceptors (Lipinski definition) is 5. The van der Waals surface area contributed by atoms with E-state index in [-0.39, 0.29) is 23.0 Å². The van der Waals surface area contributed by atoms with Crippen molar-refractivity contribution in [1.29, 1.82) is 0 Å². The fourth-order valence-corrected chi connectivity index (χ4v) is 4.99. The minimum atomic E-state index is -3.57. The molecule has 30 heavy (non-hydrogen) atoms. The maximum Gasteiger partial charge on any atom is 0.287 e. The second-order valence-electron chi connectivity index (χ2n) is 7.24. The SMILES string of the molecule is O=C(NCCOc1ccc2c(c1)CCC2)c1occc1CS(=O)(=O)c1ccccc1. The molecule has 156 valence electrons. The molecule has 3 aromatic rings. The van der Waals surface area contributed by atoms with Gasteiger partial charge in [0.2, 0.25) is 0 Å². The Kier molecular flexibility index (Phi) is 5.90. The minimum Gasteiger partial charge on any atom is -0.492 e. The molecule has 0 radical (unpaired) electrons. The molecular formula is C23H23NO5S. The molecule has 2 aromatic carbocycles. The van der Waals surface area contributed by atoms with Gasteiger partial charge in [-0.05, 0) is 60.7 Å². The number of sulfone groups is 1. The molecule has 0 aliphatic heterocycles. The van der Waals surface area contributed by atoms with Crippen LogP contribution in [0.25, 0.3) is 0 Å². The fraction of sp³-hybridized carbons (Fsp3) is 0.261. The predicted octanol–water partition coefficient (Wildman–Crippen LogP) is 3.55. The van der Waals surface area contributed by atoms with Crippen LogP contribution >= 0.6 is 0 Å². The lowest BCUT2D eigenvalue weighted by Gasteiger charge is -2.09. The van der Waals surface area contributed by atoms with Gasteiger partial charge < -0.3 is 14.5 Å². The predicted molar refractivity (Wildman–Crippen MR) is 112 cm³/mol. The van der Waals surface area contributed by atoms with Crippen LogP contribution in [-0.4, -0.2) is 27.5 Å². The smallest absolute Gasteiger partial charge is 0.287 e. The number of carbonyl (C=O) groups is 1. The summed E-state index contributed by atoms with van der Waals surface area (Å²) in [5, 5.41) is 2.72. The third-order valence-electron chi connectivity index (χ3n) is 5.13. The standard InChI is InChI=1S/C23H23NO5S/c25-23(24-12-14-28-20-10-9-17-5-4-6-18(17)15-20)22-19(11-13-29-22)16-30(26,27)21-7-2-1-3-8-21/h1-3,7-11,13,15H,4-6,12,14,16H2,(H,24,25). The van der Waals surface area contributed by atoms with E-state index in [0.717, 1.165) is 18.6 Å². The number of carbonyl (C=O) groups excluding carboxylic acids is 1. The van der Waals surface area contributed by atoms with E-state index in [1.54, 1.807) is 18.2 Å². The lowest BCUT2D eigenvalue weighted by atomic mass is 10.1. The Hall–Kier alpha value is -3.06. The molecule has 0 spiro atoms. The van der Waals surface area contributed by atoms with Crippen molar-refractivity contribution in [1.82, 2.24) is 5.32 Å². The average Bonchev–Trinajstić information content (AvgIpc) is 3.40. The third kappa shape index (κ3) is 4.57. The molecule has 0 saturated carbocycles. The first-order chi connectivity index (χ1) is 14.5. The van der Waals surface area contributed by atoms with Crippen LogP contribution in [0.1, 0.15) is 33.7 Å². The molecule has 1 aliphatic rings. The molecule has 4 rings (SSSR count). The van der Waals surface area contributed by atoms with E-state index in [9.17, 15) is 13.2 Å². The van der Waals surface area contributed by atoms with Crippen LogP contribution in [0.2, 0.25) is 0 Å². The van der Waals surface area contributed by atoms with E-state index >= 15 is 0 Å². The number of nitrogens with one attached hydrogen (secondary N) is 1. The Morgan fingerprint density at radius 3 is 2.67 bits per heavy atom. The van der Waals surface area contributed by atoms with E-state index < -0.39 is 15.7 Å². The zero-order valence-corrected chi connectivity index (χ0v) is 17.3. The molecule has 0 atom stereocenters. The molecule has 6 nitrogen and oxygen atoms in total. The summed E-state index contributed by atoms with van der Waals surface area (Å²) in [6.45, 7) is 0.588. The van der Waals surface area contributed by atoms with Crippen LogP contribution in [-0.2, 0) is 28.4 Å². The summed E-state index contributed by atoms with van der Waals surface area (Å²) in [7, 11) is -3.57. The Morgan fingerprint density at radius 1 is 1.03 bits per heavy atom. The molecule has 0 fully saturated rings. The molecule has 1 aromatic heterocycles. The first-order valence-corrected chi connectivity index (χ1v) is 11.6. The van der Waals surface area contributed by atoms with Gasteiger partial charge >= 0.3 is 0 Å². The molecule has 1 heterocycles. The molecule has 0 bridgehead atoms. The second-order valence-corrected chi connectivity index (χ2v) is 9.23. The van der Waals surface area contributed by atoms with Gasteiger partial charge in [-0.3, -0.25) is 4.79 Å². The lowest BCUT2D eigenvalue weighted by molar-refractivity contribution is 0.0918. The molecule has 0 saturated heterocycles. The molecule has 1 N–H and O–H groups in total. The minimum absolute atomic E-state index is 0.00652. The fourth-order valence-electron chi connectivity index (χ4n) is 3.62. The molecule has 1 amide bonds. The maximum atomic E-state index is 12.6. The third-order valence-corrected chi connectivity index (χ3v) is 6.81. The topological polar surface area (TPSA) is 85.6 Å². The Balaban J connectivity index is 1.32. The molecular weight excluding hydrogens is 402 g/mol. The normalized spacial score (nSPS) is 13.1. The number of amides is 1. The number of benzene rings is 2. The number of hydrogen-bond donors (Lipinski definition) is 1. The number of fused-ring (bicyclic) bond motifs is 1. The van der Waals surface area contributed by atoms with Crippen LogP contribution in [0.5, 0.6) is 5.75 Å². The summed E-state index contributed by atoms with van der Waals surface area (Å²) in [6, 6.07) is 15.8. The van der Waals surface area contributed by atoms with Gasteiger partial charge in [-0.1, -0.05) is 24.3 Å². The van der Waals surface area contributed by atoms with Crippen molar-refractivity contribution < 1.29 is 22.4 Å². The summed E-state index contributed by atoms with van der Waals surface area (Å²) < 4.78 is 36.1. The van der Waals surface area contributed by atoms with E-state index in [1.807, 2.05) is 6.07 Å². The van der Waals surface area contributed by atoms with Crippen LogP contribution in [0, 0.1) is 0 Å². The summed E-state index contributed by atoms with van der Waals surface area (Å²) >= 11 is 0. The molecule has 0 unspecified atom stereocenters. The van der Waals surface area contributed by atoms with E-state index in [2.05, 4.69) is 17.4 Å². The van der Waals surface area contributed by atoms with E-state index in [1.165, 1.54) is 42.0 Å². The summed E-state index contributed by atoms with van der Waals surface area (Å²) in [5.74, 6) is 0.0300. The van der Waals surface area contributed by atoms with E-state index in [4.69, 9.17) is 9.15 Å². The van der Waals surface area contributed by atoms with Gasteiger partial charge in [0.1, 0.15) is 12.4 Å². The van der Waals surface area contributed by atoms with Crippen molar-refractivity contribution in [2.75, 3.05) is 13.2 Å². The van der Waals surface area contributed by atoms with Crippen molar-refractivity contribution in [3.63, 3.8) is 0 Å². The van der Waals surface area contributed by atoms with Crippen molar-refractivity contribution in [2.24, 2.45) is 0 Å². The molecule has 7 heteroatoms. The number of aryl methyl sites for hydroxylation is 2. The highest BCUT2D eigenvalue weighted by Crippen LogP contribution is 2.26. The number of ether oxygens (including phenoxy) is 1. The highest BCUT2D eigenvalue weighted by atomic mass is 32.2. The van der Waals surface area contributed by atoms with Crippen LogP contribution < -0.4 is 10.1 Å². The van der Waals surface area contributed by atoms with Crippen molar-refractivity contribution in [3.8, 4) is 5.75 Å².